The molecule has 1 saturated heterocycles. The maximum atomic E-state index is 12.3. The average molecular weight is 370 g/mol. The van der Waals surface area contributed by atoms with E-state index in [9.17, 15) is 4.79 Å². The number of hydrogen-bond acceptors (Lipinski definition) is 4. The average Bonchev–Trinajstić information content (AvgIpc) is 2.95. The first kappa shape index (κ1) is 18.9. The number of pyridine rings is 1. The fourth-order valence-electron chi connectivity index (χ4n) is 3.17. The Morgan fingerprint density at radius 3 is 2.50 bits per heavy atom. The largest absolute Gasteiger partial charge is 0.352 e. The lowest BCUT2D eigenvalue weighted by molar-refractivity contribution is 0.0951. The number of likely N-dealkylation sites (tertiary alicyclic amines) is 1. The van der Waals surface area contributed by atoms with Crippen molar-refractivity contribution in [2.24, 2.45) is 0 Å². The third-order valence-corrected chi connectivity index (χ3v) is 5.57. The van der Waals surface area contributed by atoms with E-state index in [1.54, 1.807) is 18.0 Å². The Morgan fingerprint density at radius 1 is 1.04 bits per heavy atom. The van der Waals surface area contributed by atoms with Crippen molar-refractivity contribution in [3.63, 3.8) is 0 Å². The van der Waals surface area contributed by atoms with Crippen molar-refractivity contribution >= 4 is 17.7 Å². The first-order valence-corrected chi connectivity index (χ1v) is 10.3. The van der Waals surface area contributed by atoms with E-state index in [2.05, 4.69) is 15.2 Å². The fourth-order valence-corrected chi connectivity index (χ4v) is 3.94. The van der Waals surface area contributed by atoms with Gasteiger partial charge in [-0.15, -0.1) is 0 Å². The van der Waals surface area contributed by atoms with Gasteiger partial charge >= 0.3 is 0 Å². The SMILES string of the molecule is O=C(NCCCN1CCCCCC1)c1ccc(Sc2ccccn2)cc1. The molecule has 3 rings (SSSR count). The third kappa shape index (κ3) is 6.15. The van der Waals surface area contributed by atoms with Crippen LogP contribution in [0.3, 0.4) is 0 Å². The Bertz CT molecular complexity index is 667. The van der Waals surface area contributed by atoms with Crippen LogP contribution in [0.15, 0.2) is 58.6 Å². The Balaban J connectivity index is 1.40. The molecule has 0 radical (unpaired) electrons. The number of nitrogens with one attached hydrogen (secondary N) is 1. The highest BCUT2D eigenvalue weighted by molar-refractivity contribution is 7.99. The molecule has 0 spiro atoms. The zero-order valence-electron chi connectivity index (χ0n) is 15.2. The normalized spacial score (nSPS) is 15.4. The molecule has 1 aromatic heterocycles. The standard InChI is InChI=1S/C21H27N3OS/c25-21(23-14-7-17-24-15-5-1-2-6-16-24)18-9-11-19(12-10-18)26-20-8-3-4-13-22-20/h3-4,8-13H,1-2,5-7,14-17H2,(H,23,25). The van der Waals surface area contributed by atoms with Crippen LogP contribution in [0.25, 0.3) is 0 Å². The van der Waals surface area contributed by atoms with E-state index in [-0.39, 0.29) is 5.91 Å². The lowest BCUT2D eigenvalue weighted by atomic mass is 10.2. The van der Waals surface area contributed by atoms with Crippen LogP contribution in [-0.2, 0) is 0 Å². The van der Waals surface area contributed by atoms with Crippen LogP contribution >= 0.6 is 11.8 Å². The van der Waals surface area contributed by atoms with Crippen LogP contribution in [0.4, 0.5) is 0 Å². The van der Waals surface area contributed by atoms with Crippen LogP contribution < -0.4 is 5.32 Å². The molecule has 0 bridgehead atoms. The molecule has 0 unspecified atom stereocenters. The third-order valence-electron chi connectivity index (χ3n) is 4.61. The van der Waals surface area contributed by atoms with Gasteiger partial charge < -0.3 is 10.2 Å². The summed E-state index contributed by atoms with van der Waals surface area (Å²) in [7, 11) is 0. The van der Waals surface area contributed by atoms with Crippen molar-refractivity contribution in [3.8, 4) is 0 Å². The van der Waals surface area contributed by atoms with Gasteiger partial charge in [-0.1, -0.05) is 30.7 Å². The fraction of sp³-hybridized carbons (Fsp3) is 0.429. The molecule has 1 aromatic carbocycles. The van der Waals surface area contributed by atoms with Crippen LogP contribution in [0.2, 0.25) is 0 Å². The highest BCUT2D eigenvalue weighted by Gasteiger charge is 2.09. The molecule has 1 aliphatic rings. The van der Waals surface area contributed by atoms with E-state index >= 15 is 0 Å². The summed E-state index contributed by atoms with van der Waals surface area (Å²) in [6, 6.07) is 13.6. The molecule has 138 valence electrons. The Hall–Kier alpha value is -1.85. The summed E-state index contributed by atoms with van der Waals surface area (Å²) in [6.45, 7) is 4.24. The highest BCUT2D eigenvalue weighted by Crippen LogP contribution is 2.25. The molecule has 2 heterocycles. The molecular formula is C21H27N3OS. The van der Waals surface area contributed by atoms with Crippen molar-refractivity contribution in [2.45, 2.75) is 42.0 Å². The number of rotatable bonds is 7. The van der Waals surface area contributed by atoms with Crippen molar-refractivity contribution < 1.29 is 4.79 Å². The molecule has 1 aliphatic heterocycles. The Labute approximate surface area is 160 Å². The molecule has 5 heteroatoms. The van der Waals surface area contributed by atoms with Gasteiger partial charge in [0.05, 0.1) is 0 Å². The summed E-state index contributed by atoms with van der Waals surface area (Å²) in [5.41, 5.74) is 0.713. The lowest BCUT2D eigenvalue weighted by Crippen LogP contribution is -2.30. The second-order valence-electron chi connectivity index (χ2n) is 6.66. The van der Waals surface area contributed by atoms with Crippen LogP contribution in [-0.4, -0.2) is 42.0 Å². The van der Waals surface area contributed by atoms with Gasteiger partial charge in [-0.3, -0.25) is 4.79 Å². The maximum Gasteiger partial charge on any atom is 0.251 e. The van der Waals surface area contributed by atoms with Crippen molar-refractivity contribution in [1.82, 2.24) is 15.2 Å². The van der Waals surface area contributed by atoms with Gasteiger partial charge in [0.25, 0.3) is 5.91 Å². The van der Waals surface area contributed by atoms with E-state index in [0.717, 1.165) is 29.4 Å². The van der Waals surface area contributed by atoms with Gasteiger partial charge in [-0.05, 0) is 75.3 Å². The molecule has 4 nitrogen and oxygen atoms in total. The number of benzene rings is 1. The van der Waals surface area contributed by atoms with Gasteiger partial charge in [-0.25, -0.2) is 4.98 Å². The van der Waals surface area contributed by atoms with Crippen molar-refractivity contribution in [2.75, 3.05) is 26.2 Å². The molecule has 26 heavy (non-hydrogen) atoms. The summed E-state index contributed by atoms with van der Waals surface area (Å²) < 4.78 is 0. The molecule has 0 saturated carbocycles. The smallest absolute Gasteiger partial charge is 0.251 e. The number of carbonyl (C=O) groups excluding carboxylic acids is 1. The summed E-state index contributed by atoms with van der Waals surface area (Å²) in [5.74, 6) is 0.00949. The van der Waals surface area contributed by atoms with Crippen LogP contribution in [0, 0.1) is 0 Å². The Kier molecular flexibility index (Phi) is 7.52. The number of hydrogen-bond donors (Lipinski definition) is 1. The minimum atomic E-state index is 0.00949. The van der Waals surface area contributed by atoms with Crippen LogP contribution in [0.1, 0.15) is 42.5 Å². The summed E-state index contributed by atoms with van der Waals surface area (Å²) in [6.07, 6.45) is 8.16. The topological polar surface area (TPSA) is 45.2 Å². The van der Waals surface area contributed by atoms with E-state index in [1.165, 1.54) is 38.8 Å². The zero-order chi connectivity index (χ0) is 18.0. The van der Waals surface area contributed by atoms with E-state index in [4.69, 9.17) is 0 Å². The van der Waals surface area contributed by atoms with Crippen LogP contribution in [0.5, 0.6) is 0 Å². The number of nitrogens with zero attached hydrogens (tertiary/aromatic N) is 2. The highest BCUT2D eigenvalue weighted by atomic mass is 32.2. The zero-order valence-corrected chi connectivity index (χ0v) is 16.0. The van der Waals surface area contributed by atoms with Gasteiger partial charge in [0, 0.05) is 23.2 Å². The Morgan fingerprint density at radius 2 is 1.81 bits per heavy atom. The molecule has 1 fully saturated rings. The second-order valence-corrected chi connectivity index (χ2v) is 7.75. The summed E-state index contributed by atoms with van der Waals surface area (Å²) in [4.78, 5) is 20.2. The minimum absolute atomic E-state index is 0.00949. The lowest BCUT2D eigenvalue weighted by Gasteiger charge is -2.19. The quantitative estimate of drug-likeness (QED) is 0.742. The number of aromatic nitrogens is 1. The van der Waals surface area contributed by atoms with Crippen molar-refractivity contribution in [1.29, 1.82) is 0 Å². The monoisotopic (exact) mass is 369 g/mol. The minimum Gasteiger partial charge on any atom is -0.352 e. The van der Waals surface area contributed by atoms with E-state index in [0.29, 0.717) is 5.56 Å². The van der Waals surface area contributed by atoms with E-state index in [1.807, 2.05) is 42.5 Å². The molecule has 1 N–H and O–H groups in total. The summed E-state index contributed by atoms with van der Waals surface area (Å²) in [5, 5.41) is 4.00. The van der Waals surface area contributed by atoms with Gasteiger partial charge in [0.15, 0.2) is 0 Å². The molecular weight excluding hydrogens is 342 g/mol. The van der Waals surface area contributed by atoms with Gasteiger partial charge in [0.1, 0.15) is 5.03 Å². The maximum absolute atomic E-state index is 12.3. The number of carbonyl (C=O) groups is 1. The predicted molar refractivity (Wildman–Crippen MR) is 107 cm³/mol. The van der Waals surface area contributed by atoms with Crippen molar-refractivity contribution in [3.05, 3.63) is 54.2 Å². The number of amides is 1. The summed E-state index contributed by atoms with van der Waals surface area (Å²) >= 11 is 1.60. The molecule has 2 aromatic rings. The first-order valence-electron chi connectivity index (χ1n) is 9.51. The second kappa shape index (κ2) is 10.3. The molecule has 1 amide bonds. The molecule has 0 atom stereocenters. The van der Waals surface area contributed by atoms with Gasteiger partial charge in [0.2, 0.25) is 0 Å². The first-order chi connectivity index (χ1) is 12.8. The molecule has 0 aliphatic carbocycles. The van der Waals surface area contributed by atoms with Gasteiger partial charge in [-0.2, -0.15) is 0 Å². The predicted octanol–water partition coefficient (Wildman–Crippen LogP) is 4.23. The van der Waals surface area contributed by atoms with E-state index < -0.39 is 0 Å².